The first-order valence-corrected chi connectivity index (χ1v) is 15.4. The molecule has 0 aromatic heterocycles. The summed E-state index contributed by atoms with van der Waals surface area (Å²) < 4.78 is 64.4. The lowest BCUT2D eigenvalue weighted by Crippen LogP contribution is -2.45. The quantitative estimate of drug-likeness (QED) is 0.379. The van der Waals surface area contributed by atoms with Gasteiger partial charge in [-0.05, 0) is 86.1 Å². The number of nitrogens with one attached hydrogen (secondary N) is 3. The molecule has 42 heavy (non-hydrogen) atoms. The van der Waals surface area contributed by atoms with E-state index in [2.05, 4.69) is 21.9 Å². The number of hydrogen-bond acceptors (Lipinski definition) is 5. The van der Waals surface area contributed by atoms with Gasteiger partial charge < -0.3 is 15.5 Å². The second kappa shape index (κ2) is 13.7. The number of hydrogen-bond donors (Lipinski definition) is 3. The number of alkyl halides is 3. The summed E-state index contributed by atoms with van der Waals surface area (Å²) >= 11 is 0. The SMILES string of the molecule is C=CS(=O)(=O)NC[C@@H]1CCN(C(=O)c2ccc(N(CC3CCCNC3)C(=O)NCc3ccc(C(F)(F)F)cc3)cc2)C1. The lowest BCUT2D eigenvalue weighted by Gasteiger charge is -2.30. The minimum atomic E-state index is -4.43. The number of amides is 3. The van der Waals surface area contributed by atoms with Crippen molar-refractivity contribution < 1.29 is 31.2 Å². The highest BCUT2D eigenvalue weighted by Gasteiger charge is 2.30. The van der Waals surface area contributed by atoms with Crippen LogP contribution in [-0.2, 0) is 22.7 Å². The van der Waals surface area contributed by atoms with Crippen LogP contribution in [0.2, 0.25) is 0 Å². The molecule has 0 bridgehead atoms. The summed E-state index contributed by atoms with van der Waals surface area (Å²) in [5.74, 6) is 0.0400. The lowest BCUT2D eigenvalue weighted by molar-refractivity contribution is -0.137. The van der Waals surface area contributed by atoms with Gasteiger partial charge in [0.15, 0.2) is 0 Å². The average molecular weight is 608 g/mol. The van der Waals surface area contributed by atoms with Gasteiger partial charge >= 0.3 is 12.2 Å². The smallest absolute Gasteiger partial charge is 0.338 e. The third kappa shape index (κ3) is 8.55. The van der Waals surface area contributed by atoms with Gasteiger partial charge in [-0.25, -0.2) is 17.9 Å². The zero-order valence-electron chi connectivity index (χ0n) is 23.2. The zero-order chi connectivity index (χ0) is 30.3. The summed E-state index contributed by atoms with van der Waals surface area (Å²) in [5, 5.41) is 7.01. The molecule has 3 amide bonds. The average Bonchev–Trinajstić information content (AvgIpc) is 3.47. The molecule has 2 aliphatic rings. The Morgan fingerprint density at radius 2 is 1.79 bits per heavy atom. The fourth-order valence-electron chi connectivity index (χ4n) is 5.17. The van der Waals surface area contributed by atoms with Gasteiger partial charge in [-0.3, -0.25) is 9.69 Å². The van der Waals surface area contributed by atoms with Gasteiger partial charge in [-0.2, -0.15) is 13.2 Å². The third-order valence-corrected chi connectivity index (χ3v) is 8.61. The molecule has 9 nitrogen and oxygen atoms in total. The van der Waals surface area contributed by atoms with Crippen molar-refractivity contribution in [1.82, 2.24) is 20.3 Å². The molecule has 2 aromatic rings. The molecule has 2 heterocycles. The maximum atomic E-state index is 13.3. The molecule has 2 saturated heterocycles. The number of likely N-dealkylation sites (tertiary alicyclic amines) is 1. The number of benzene rings is 2. The fraction of sp³-hybridized carbons (Fsp3) is 0.448. The Hall–Kier alpha value is -3.42. The second-order valence-corrected chi connectivity index (χ2v) is 12.4. The van der Waals surface area contributed by atoms with E-state index in [0.29, 0.717) is 42.9 Å². The predicted molar refractivity (Wildman–Crippen MR) is 154 cm³/mol. The van der Waals surface area contributed by atoms with Crippen LogP contribution >= 0.6 is 0 Å². The minimum Gasteiger partial charge on any atom is -0.338 e. The van der Waals surface area contributed by atoms with Crippen LogP contribution in [0.3, 0.4) is 0 Å². The summed E-state index contributed by atoms with van der Waals surface area (Å²) in [7, 11) is -3.53. The van der Waals surface area contributed by atoms with Gasteiger partial charge in [0.25, 0.3) is 5.91 Å². The fourth-order valence-corrected chi connectivity index (χ4v) is 5.76. The van der Waals surface area contributed by atoms with E-state index in [9.17, 15) is 31.2 Å². The molecule has 0 spiro atoms. The first kappa shape index (κ1) is 31.5. The first-order chi connectivity index (χ1) is 19.9. The van der Waals surface area contributed by atoms with Crippen molar-refractivity contribution >= 4 is 27.6 Å². The van der Waals surface area contributed by atoms with Crippen LogP contribution in [0.4, 0.5) is 23.7 Å². The Morgan fingerprint density at radius 1 is 1.07 bits per heavy atom. The zero-order valence-corrected chi connectivity index (χ0v) is 24.0. The molecule has 1 unspecified atom stereocenters. The maximum Gasteiger partial charge on any atom is 0.416 e. The number of piperidine rings is 1. The van der Waals surface area contributed by atoms with E-state index in [4.69, 9.17) is 0 Å². The summed E-state index contributed by atoms with van der Waals surface area (Å²) in [6.45, 7) is 6.62. The van der Waals surface area contributed by atoms with Crippen LogP contribution in [0.1, 0.15) is 40.7 Å². The van der Waals surface area contributed by atoms with Crippen LogP contribution in [0.25, 0.3) is 0 Å². The van der Waals surface area contributed by atoms with E-state index in [1.54, 1.807) is 34.1 Å². The van der Waals surface area contributed by atoms with Crippen LogP contribution in [0.15, 0.2) is 60.5 Å². The van der Waals surface area contributed by atoms with Crippen molar-refractivity contribution in [2.24, 2.45) is 11.8 Å². The van der Waals surface area contributed by atoms with E-state index >= 15 is 0 Å². The monoisotopic (exact) mass is 607 g/mol. The number of carbonyl (C=O) groups excluding carboxylic acids is 2. The van der Waals surface area contributed by atoms with Crippen LogP contribution in [-0.4, -0.2) is 64.5 Å². The van der Waals surface area contributed by atoms with Crippen molar-refractivity contribution in [3.63, 3.8) is 0 Å². The Morgan fingerprint density at radius 3 is 2.40 bits per heavy atom. The molecule has 13 heteroatoms. The molecule has 2 aliphatic heterocycles. The molecule has 0 aliphatic carbocycles. The largest absolute Gasteiger partial charge is 0.416 e. The van der Waals surface area contributed by atoms with E-state index < -0.39 is 21.8 Å². The minimum absolute atomic E-state index is 0.00379. The third-order valence-electron chi connectivity index (χ3n) is 7.60. The van der Waals surface area contributed by atoms with Crippen molar-refractivity contribution in [2.75, 3.05) is 44.2 Å². The number of anilines is 1. The predicted octanol–water partition coefficient (Wildman–Crippen LogP) is 3.95. The maximum absolute atomic E-state index is 13.3. The van der Waals surface area contributed by atoms with Crippen LogP contribution in [0.5, 0.6) is 0 Å². The van der Waals surface area contributed by atoms with Crippen molar-refractivity contribution in [3.8, 4) is 0 Å². The van der Waals surface area contributed by atoms with Gasteiger partial charge in [0.1, 0.15) is 0 Å². The molecular weight excluding hydrogens is 571 g/mol. The van der Waals surface area contributed by atoms with Gasteiger partial charge in [-0.15, -0.1) is 0 Å². The molecule has 0 radical (unpaired) electrons. The first-order valence-electron chi connectivity index (χ1n) is 13.9. The molecular formula is C29H36F3N5O4S. The highest BCUT2D eigenvalue weighted by molar-refractivity contribution is 7.92. The molecule has 2 atom stereocenters. The molecule has 2 aromatic carbocycles. The lowest BCUT2D eigenvalue weighted by atomic mass is 9.99. The Bertz CT molecular complexity index is 1340. The summed E-state index contributed by atoms with van der Waals surface area (Å²) in [6, 6.07) is 11.0. The van der Waals surface area contributed by atoms with Gasteiger partial charge in [0.2, 0.25) is 10.0 Å². The number of sulfonamides is 1. The topological polar surface area (TPSA) is 111 Å². The van der Waals surface area contributed by atoms with Crippen molar-refractivity contribution in [1.29, 1.82) is 0 Å². The number of halogens is 3. The molecule has 228 valence electrons. The van der Waals surface area contributed by atoms with E-state index in [1.165, 1.54) is 12.1 Å². The van der Waals surface area contributed by atoms with Gasteiger partial charge in [0, 0.05) is 49.4 Å². The van der Waals surface area contributed by atoms with Gasteiger partial charge in [0.05, 0.1) is 5.56 Å². The summed E-state index contributed by atoms with van der Waals surface area (Å²) in [4.78, 5) is 29.7. The van der Waals surface area contributed by atoms with Crippen molar-refractivity contribution in [3.05, 3.63) is 77.2 Å². The number of urea groups is 1. The van der Waals surface area contributed by atoms with E-state index in [1.807, 2.05) is 0 Å². The summed E-state index contributed by atoms with van der Waals surface area (Å²) in [6.07, 6.45) is -1.81. The van der Waals surface area contributed by atoms with Crippen LogP contribution in [0, 0.1) is 11.8 Å². The van der Waals surface area contributed by atoms with Crippen LogP contribution < -0.4 is 20.3 Å². The van der Waals surface area contributed by atoms with Crippen molar-refractivity contribution in [2.45, 2.75) is 32.0 Å². The Labute approximate surface area is 244 Å². The Balaban J connectivity index is 1.40. The molecule has 3 N–H and O–H groups in total. The number of carbonyl (C=O) groups is 2. The molecule has 4 rings (SSSR count). The molecule has 2 fully saturated rings. The standard InChI is InChI=1S/C29H36F3N5O4S/c1-2-42(40,41)35-18-23-13-15-36(19-23)27(38)24-7-11-26(12-8-24)37(20-22-4-3-14-33-16-22)28(39)34-17-21-5-9-25(10-6-21)29(30,31)32/h2,5-12,22-23,33,35H,1,3-4,13-20H2,(H,34,39)/t22?,23-/m0/s1. The summed E-state index contributed by atoms with van der Waals surface area (Å²) in [5.41, 5.74) is 0.842. The highest BCUT2D eigenvalue weighted by atomic mass is 32.2. The van der Waals surface area contributed by atoms with Gasteiger partial charge in [-0.1, -0.05) is 18.7 Å². The molecule has 0 saturated carbocycles. The normalized spacial score (nSPS) is 19.4. The van der Waals surface area contributed by atoms with E-state index in [0.717, 1.165) is 43.5 Å². The van der Waals surface area contributed by atoms with E-state index in [-0.39, 0.29) is 36.9 Å². The highest BCUT2D eigenvalue weighted by Crippen LogP contribution is 2.29. The number of rotatable bonds is 10. The number of nitrogens with zero attached hydrogens (tertiary/aromatic N) is 2. The second-order valence-electron chi connectivity index (χ2n) is 10.7. The Kier molecular flexibility index (Phi) is 10.3.